The van der Waals surface area contributed by atoms with Gasteiger partial charge in [-0.25, -0.2) is 4.98 Å². The van der Waals surface area contributed by atoms with Crippen molar-refractivity contribution in [3.63, 3.8) is 0 Å². The maximum atomic E-state index is 12.5. The van der Waals surface area contributed by atoms with Crippen LogP contribution in [0.3, 0.4) is 0 Å². The summed E-state index contributed by atoms with van der Waals surface area (Å²) in [6, 6.07) is 0.369. The van der Waals surface area contributed by atoms with Crippen molar-refractivity contribution in [1.82, 2.24) is 19.8 Å². The number of nitrogens with one attached hydrogen (secondary N) is 1. The van der Waals surface area contributed by atoms with Crippen LogP contribution in [0.15, 0.2) is 12.4 Å². The zero-order valence-corrected chi connectivity index (χ0v) is 14.9. The third-order valence-electron chi connectivity index (χ3n) is 5.14. The molecule has 1 aromatic rings. The van der Waals surface area contributed by atoms with Crippen LogP contribution in [0, 0.1) is 0 Å². The number of imidazole rings is 1. The molecule has 0 spiro atoms. The Kier molecular flexibility index (Phi) is 5.89. The zero-order chi connectivity index (χ0) is 16.9. The van der Waals surface area contributed by atoms with Crippen LogP contribution in [-0.4, -0.2) is 52.1 Å². The van der Waals surface area contributed by atoms with Crippen LogP contribution in [0.1, 0.15) is 57.4 Å². The largest absolute Gasteiger partial charge is 0.369 e. The van der Waals surface area contributed by atoms with E-state index >= 15 is 0 Å². The molecule has 1 aromatic heterocycles. The van der Waals surface area contributed by atoms with Gasteiger partial charge in [0.05, 0.1) is 0 Å². The molecule has 1 N–H and O–H groups in total. The van der Waals surface area contributed by atoms with Crippen molar-refractivity contribution in [2.75, 3.05) is 19.7 Å². The van der Waals surface area contributed by atoms with Gasteiger partial charge in [0.2, 0.25) is 5.91 Å². The van der Waals surface area contributed by atoms with Gasteiger partial charge in [-0.05, 0) is 26.2 Å². The summed E-state index contributed by atoms with van der Waals surface area (Å²) in [5, 5.41) is 3.60. The molecule has 0 aromatic carbocycles. The van der Waals surface area contributed by atoms with Crippen LogP contribution in [0.5, 0.6) is 0 Å². The number of amides is 1. The van der Waals surface area contributed by atoms with Gasteiger partial charge < -0.3 is 19.5 Å². The number of aryl methyl sites for hydroxylation is 1. The molecule has 3 atom stereocenters. The first-order valence-electron chi connectivity index (χ1n) is 9.28. The van der Waals surface area contributed by atoms with Crippen LogP contribution in [0.4, 0.5) is 0 Å². The first kappa shape index (κ1) is 17.4. The monoisotopic (exact) mass is 334 g/mol. The van der Waals surface area contributed by atoms with Gasteiger partial charge >= 0.3 is 0 Å². The Morgan fingerprint density at radius 3 is 2.79 bits per heavy atom. The second-order valence-corrected chi connectivity index (χ2v) is 7.15. The molecule has 0 saturated carbocycles. The molecule has 2 fully saturated rings. The van der Waals surface area contributed by atoms with Crippen molar-refractivity contribution >= 4 is 5.91 Å². The minimum absolute atomic E-state index is 0.0271. The molecule has 0 radical (unpaired) electrons. The van der Waals surface area contributed by atoms with Gasteiger partial charge in [0.1, 0.15) is 11.9 Å². The summed E-state index contributed by atoms with van der Waals surface area (Å²) in [6.45, 7) is 4.69. The number of hydrogen-bond donors (Lipinski definition) is 1. The van der Waals surface area contributed by atoms with Crippen LogP contribution in [0.2, 0.25) is 0 Å². The molecule has 1 amide bonds. The molecule has 6 nitrogen and oxygen atoms in total. The van der Waals surface area contributed by atoms with Crippen molar-refractivity contribution in [3.8, 4) is 0 Å². The van der Waals surface area contributed by atoms with Crippen molar-refractivity contribution < 1.29 is 9.53 Å². The Hall–Kier alpha value is -1.40. The number of aromatic nitrogens is 2. The van der Waals surface area contributed by atoms with Gasteiger partial charge in [0, 0.05) is 57.6 Å². The second kappa shape index (κ2) is 8.12. The van der Waals surface area contributed by atoms with E-state index in [9.17, 15) is 4.79 Å². The number of carbonyl (C=O) groups excluding carboxylic acids is 1. The molecule has 134 valence electrons. The van der Waals surface area contributed by atoms with Crippen molar-refractivity contribution in [1.29, 1.82) is 0 Å². The quantitative estimate of drug-likeness (QED) is 0.895. The number of carbonyl (C=O) groups is 1. The molecule has 3 heterocycles. The molecule has 0 aliphatic carbocycles. The van der Waals surface area contributed by atoms with Gasteiger partial charge in [-0.2, -0.15) is 0 Å². The summed E-state index contributed by atoms with van der Waals surface area (Å²) in [5.41, 5.74) is 0. The molecule has 24 heavy (non-hydrogen) atoms. The second-order valence-electron chi connectivity index (χ2n) is 7.15. The minimum Gasteiger partial charge on any atom is -0.369 e. The third-order valence-corrected chi connectivity index (χ3v) is 5.14. The molecule has 3 rings (SSSR count). The van der Waals surface area contributed by atoms with E-state index < -0.39 is 0 Å². The third kappa shape index (κ3) is 4.16. The van der Waals surface area contributed by atoms with Gasteiger partial charge in [0.25, 0.3) is 0 Å². The normalized spacial score (nSPS) is 26.3. The Bertz CT molecular complexity index is 537. The maximum absolute atomic E-state index is 12.5. The van der Waals surface area contributed by atoms with E-state index in [1.165, 1.54) is 12.8 Å². The summed E-state index contributed by atoms with van der Waals surface area (Å²) in [6.07, 6.45) is 10.0. The average Bonchev–Trinajstić information content (AvgIpc) is 3.06. The van der Waals surface area contributed by atoms with E-state index in [1.54, 1.807) is 6.20 Å². The highest BCUT2D eigenvalue weighted by molar-refractivity contribution is 5.76. The number of rotatable bonds is 5. The number of nitrogens with zero attached hydrogens (tertiary/aromatic N) is 3. The van der Waals surface area contributed by atoms with Crippen molar-refractivity contribution in [3.05, 3.63) is 18.2 Å². The molecule has 2 saturated heterocycles. The molecular formula is C18H30N4O2. The molecule has 0 bridgehead atoms. The van der Waals surface area contributed by atoms with E-state index in [-0.39, 0.29) is 24.1 Å². The molecule has 2 aliphatic rings. The highest BCUT2D eigenvalue weighted by Crippen LogP contribution is 2.28. The maximum Gasteiger partial charge on any atom is 0.224 e. The number of hydrogen-bond acceptors (Lipinski definition) is 4. The van der Waals surface area contributed by atoms with Crippen LogP contribution in [0.25, 0.3) is 0 Å². The van der Waals surface area contributed by atoms with Crippen molar-refractivity contribution in [2.45, 2.75) is 63.6 Å². The molecule has 2 aliphatic heterocycles. The Labute approximate surface area is 144 Å². The smallest absolute Gasteiger partial charge is 0.224 e. The highest BCUT2D eigenvalue weighted by Gasteiger charge is 2.33. The predicted molar refractivity (Wildman–Crippen MR) is 92.6 cm³/mol. The van der Waals surface area contributed by atoms with Crippen LogP contribution >= 0.6 is 0 Å². The molecule has 0 unspecified atom stereocenters. The van der Waals surface area contributed by atoms with E-state index in [1.807, 2.05) is 22.7 Å². The lowest BCUT2D eigenvalue weighted by Gasteiger charge is -2.26. The average molecular weight is 334 g/mol. The van der Waals surface area contributed by atoms with Gasteiger partial charge in [-0.15, -0.1) is 0 Å². The van der Waals surface area contributed by atoms with Gasteiger partial charge in [0.15, 0.2) is 0 Å². The topological polar surface area (TPSA) is 59.4 Å². The predicted octanol–water partition coefficient (Wildman–Crippen LogP) is 2.02. The van der Waals surface area contributed by atoms with Crippen LogP contribution < -0.4 is 5.32 Å². The summed E-state index contributed by atoms with van der Waals surface area (Å²) in [7, 11) is 1.99. The lowest BCUT2D eigenvalue weighted by Crippen LogP contribution is -2.42. The lowest BCUT2D eigenvalue weighted by atomic mass is 10.1. The summed E-state index contributed by atoms with van der Waals surface area (Å²) in [4.78, 5) is 19.0. The first-order chi connectivity index (χ1) is 11.6. The van der Waals surface area contributed by atoms with Crippen molar-refractivity contribution in [2.24, 2.45) is 7.05 Å². The fraction of sp³-hybridized carbons (Fsp3) is 0.778. The van der Waals surface area contributed by atoms with E-state index in [0.717, 1.165) is 44.8 Å². The minimum atomic E-state index is -0.0271. The Morgan fingerprint density at radius 1 is 1.38 bits per heavy atom. The molecule has 6 heteroatoms. The van der Waals surface area contributed by atoms with E-state index in [2.05, 4.69) is 17.2 Å². The summed E-state index contributed by atoms with van der Waals surface area (Å²) in [5.74, 6) is 1.24. The standard InChI is InChI=1S/C18H30N4O2/c1-14(13-16(23)22-9-5-3-4-6-10-22)20-15-7-12-24-17(15)18-19-8-11-21(18)2/h8,11,14-15,17,20H,3-7,9-10,12-13H2,1-2H3/t14-,15+,17+/m1/s1. The summed E-state index contributed by atoms with van der Waals surface area (Å²) >= 11 is 0. The fourth-order valence-corrected chi connectivity index (χ4v) is 3.80. The van der Waals surface area contributed by atoms with Gasteiger partial charge in [-0.1, -0.05) is 12.8 Å². The Balaban J connectivity index is 1.53. The highest BCUT2D eigenvalue weighted by atomic mass is 16.5. The van der Waals surface area contributed by atoms with Crippen LogP contribution in [-0.2, 0) is 16.6 Å². The fourth-order valence-electron chi connectivity index (χ4n) is 3.80. The Morgan fingerprint density at radius 2 is 2.12 bits per heavy atom. The molecular weight excluding hydrogens is 304 g/mol. The number of ether oxygens (including phenoxy) is 1. The van der Waals surface area contributed by atoms with E-state index in [4.69, 9.17) is 4.74 Å². The number of likely N-dealkylation sites (tertiary alicyclic amines) is 1. The van der Waals surface area contributed by atoms with E-state index in [0.29, 0.717) is 6.42 Å². The SMILES string of the molecule is C[C@H](CC(=O)N1CCCCCC1)N[C@H]1CCO[C@@H]1c1nccn1C. The zero-order valence-electron chi connectivity index (χ0n) is 14.9. The first-order valence-corrected chi connectivity index (χ1v) is 9.28. The van der Waals surface area contributed by atoms with Gasteiger partial charge in [-0.3, -0.25) is 4.79 Å². The lowest BCUT2D eigenvalue weighted by molar-refractivity contribution is -0.131. The summed E-state index contributed by atoms with van der Waals surface area (Å²) < 4.78 is 7.90.